The summed E-state index contributed by atoms with van der Waals surface area (Å²) < 4.78 is 30.6. The highest BCUT2D eigenvalue weighted by molar-refractivity contribution is 7.90. The monoisotopic (exact) mass is 459 g/mol. The first-order valence-corrected chi connectivity index (χ1v) is 12.4. The minimum Gasteiger partial charge on any atom is -0.440 e. The molecule has 31 heavy (non-hydrogen) atoms. The van der Waals surface area contributed by atoms with E-state index in [1.54, 1.807) is 25.2 Å². The highest BCUT2D eigenvalue weighted by atomic mass is 35.5. The second kappa shape index (κ2) is 7.03. The number of pyridine rings is 1. The van der Waals surface area contributed by atoms with Gasteiger partial charge in [0.25, 0.3) is 5.91 Å². The highest BCUT2D eigenvalue weighted by Gasteiger charge is 2.55. The van der Waals surface area contributed by atoms with Crippen molar-refractivity contribution in [2.24, 2.45) is 5.41 Å². The molecule has 1 spiro atoms. The number of hydrogen-bond acceptors (Lipinski definition) is 6. The molecule has 0 bridgehead atoms. The lowest BCUT2D eigenvalue weighted by atomic mass is 9.47. The van der Waals surface area contributed by atoms with Crippen LogP contribution in [-0.2, 0) is 9.84 Å². The van der Waals surface area contributed by atoms with Gasteiger partial charge >= 0.3 is 0 Å². The minimum atomic E-state index is -3.54. The molecule has 2 aliphatic rings. The standard InChI is InChI=1S/C22H22ClN3O4S/c1-24-19(27)15-5-6-25-21(31(2,28)29)18(15)12-8-22(9-12)10-13(11-22)20-26-16-7-14(23)3-4-17(16)30-20/h3-7,12-13H,8-11H2,1-2H3,(H,24,27). The second-order valence-electron chi connectivity index (χ2n) is 8.80. The molecule has 2 fully saturated rings. The first-order valence-electron chi connectivity index (χ1n) is 10.2. The maximum absolute atomic E-state index is 12.4. The molecule has 0 unspecified atom stereocenters. The third kappa shape index (κ3) is 3.42. The van der Waals surface area contributed by atoms with Crippen molar-refractivity contribution in [3.63, 3.8) is 0 Å². The number of aromatic nitrogens is 2. The lowest BCUT2D eigenvalue weighted by Gasteiger charge is -2.57. The van der Waals surface area contributed by atoms with Crippen LogP contribution >= 0.6 is 11.6 Å². The van der Waals surface area contributed by atoms with Crippen molar-refractivity contribution in [2.45, 2.75) is 42.5 Å². The Hall–Kier alpha value is -2.45. The van der Waals surface area contributed by atoms with Crippen molar-refractivity contribution in [3.05, 3.63) is 52.5 Å². The first kappa shape index (κ1) is 20.5. The molecule has 9 heteroatoms. The summed E-state index contributed by atoms with van der Waals surface area (Å²) in [6.07, 6.45) is 6.06. The van der Waals surface area contributed by atoms with E-state index in [0.717, 1.165) is 48.9 Å². The zero-order valence-corrected chi connectivity index (χ0v) is 18.8. The van der Waals surface area contributed by atoms with Crippen molar-refractivity contribution in [1.82, 2.24) is 15.3 Å². The molecular weight excluding hydrogens is 438 g/mol. The molecule has 0 atom stereocenters. The van der Waals surface area contributed by atoms with Crippen LogP contribution in [0.5, 0.6) is 0 Å². The van der Waals surface area contributed by atoms with Gasteiger partial charge in [-0.3, -0.25) is 4.79 Å². The number of nitrogens with zero attached hydrogens (tertiary/aromatic N) is 2. The molecule has 2 aromatic heterocycles. The topological polar surface area (TPSA) is 102 Å². The maximum Gasteiger partial charge on any atom is 0.251 e. The van der Waals surface area contributed by atoms with Crippen LogP contribution in [0.3, 0.4) is 0 Å². The Morgan fingerprint density at radius 3 is 2.58 bits per heavy atom. The number of fused-ring (bicyclic) bond motifs is 1. The van der Waals surface area contributed by atoms with Gasteiger partial charge in [0.1, 0.15) is 5.52 Å². The predicted molar refractivity (Wildman–Crippen MR) is 116 cm³/mol. The van der Waals surface area contributed by atoms with E-state index >= 15 is 0 Å². The Morgan fingerprint density at radius 1 is 1.19 bits per heavy atom. The van der Waals surface area contributed by atoms with Crippen LogP contribution in [0, 0.1) is 5.41 Å². The van der Waals surface area contributed by atoms with Gasteiger partial charge in [-0.05, 0) is 61.3 Å². The molecule has 2 saturated carbocycles. The van der Waals surface area contributed by atoms with E-state index < -0.39 is 9.84 Å². The van der Waals surface area contributed by atoms with E-state index in [0.29, 0.717) is 16.1 Å². The Morgan fingerprint density at radius 2 is 1.90 bits per heavy atom. The van der Waals surface area contributed by atoms with Crippen LogP contribution in [0.25, 0.3) is 11.1 Å². The van der Waals surface area contributed by atoms with Gasteiger partial charge in [0.2, 0.25) is 0 Å². The van der Waals surface area contributed by atoms with Crippen LogP contribution in [0.4, 0.5) is 0 Å². The number of sulfone groups is 1. The summed E-state index contributed by atoms with van der Waals surface area (Å²) >= 11 is 6.04. The van der Waals surface area contributed by atoms with Gasteiger partial charge in [-0.2, -0.15) is 0 Å². The summed E-state index contributed by atoms with van der Waals surface area (Å²) in [4.78, 5) is 21.1. The molecule has 7 nitrogen and oxygen atoms in total. The number of halogens is 1. The molecule has 3 aromatic rings. The zero-order chi connectivity index (χ0) is 22.0. The molecule has 0 saturated heterocycles. The molecule has 5 rings (SSSR count). The van der Waals surface area contributed by atoms with Gasteiger partial charge < -0.3 is 9.73 Å². The molecule has 0 radical (unpaired) electrons. The minimum absolute atomic E-state index is 0.00545. The smallest absolute Gasteiger partial charge is 0.251 e. The Balaban J connectivity index is 1.36. The fourth-order valence-electron chi connectivity index (χ4n) is 5.25. The number of hydrogen-bond donors (Lipinski definition) is 1. The maximum atomic E-state index is 12.4. The van der Waals surface area contributed by atoms with E-state index in [1.807, 2.05) is 6.07 Å². The van der Waals surface area contributed by atoms with Gasteiger partial charge in [0, 0.05) is 41.6 Å². The zero-order valence-electron chi connectivity index (χ0n) is 17.2. The molecule has 0 aliphatic heterocycles. The van der Waals surface area contributed by atoms with E-state index in [-0.39, 0.29) is 28.2 Å². The third-order valence-corrected chi connectivity index (χ3v) is 7.88. The van der Waals surface area contributed by atoms with Crippen LogP contribution in [-0.4, -0.2) is 37.6 Å². The highest BCUT2D eigenvalue weighted by Crippen LogP contribution is 2.67. The van der Waals surface area contributed by atoms with Crippen LogP contribution in [0.2, 0.25) is 5.02 Å². The Bertz CT molecular complexity index is 1300. The number of oxazole rings is 1. The van der Waals surface area contributed by atoms with E-state index in [2.05, 4.69) is 15.3 Å². The van der Waals surface area contributed by atoms with E-state index in [9.17, 15) is 13.2 Å². The van der Waals surface area contributed by atoms with Crippen molar-refractivity contribution < 1.29 is 17.6 Å². The summed E-state index contributed by atoms with van der Waals surface area (Å²) in [5, 5.41) is 3.25. The number of benzene rings is 1. The molecule has 162 valence electrons. The van der Waals surface area contributed by atoms with Crippen molar-refractivity contribution in [1.29, 1.82) is 0 Å². The summed E-state index contributed by atoms with van der Waals surface area (Å²) in [7, 11) is -2.00. The summed E-state index contributed by atoms with van der Waals surface area (Å²) in [6, 6.07) is 7.01. The fraction of sp³-hybridized carbons (Fsp3) is 0.409. The first-order chi connectivity index (χ1) is 14.7. The van der Waals surface area contributed by atoms with Crippen LogP contribution in [0.15, 0.2) is 39.9 Å². The lowest BCUT2D eigenvalue weighted by Crippen LogP contribution is -2.46. The van der Waals surface area contributed by atoms with Gasteiger partial charge in [-0.1, -0.05) is 11.6 Å². The fourth-order valence-corrected chi connectivity index (χ4v) is 6.35. The number of nitrogens with one attached hydrogen (secondary N) is 1. The van der Waals surface area contributed by atoms with Gasteiger partial charge in [0.05, 0.1) is 0 Å². The Labute approximate surface area is 185 Å². The lowest BCUT2D eigenvalue weighted by molar-refractivity contribution is -0.0196. The van der Waals surface area contributed by atoms with Gasteiger partial charge in [-0.15, -0.1) is 0 Å². The summed E-state index contributed by atoms with van der Waals surface area (Å²) in [5.41, 5.74) is 2.58. The quantitative estimate of drug-likeness (QED) is 0.630. The number of rotatable bonds is 4. The normalized spacial score (nSPS) is 25.3. The van der Waals surface area contributed by atoms with Gasteiger partial charge in [-0.25, -0.2) is 18.4 Å². The van der Waals surface area contributed by atoms with Crippen molar-refractivity contribution in [2.75, 3.05) is 13.3 Å². The van der Waals surface area contributed by atoms with Crippen molar-refractivity contribution in [3.8, 4) is 0 Å². The largest absolute Gasteiger partial charge is 0.440 e. The SMILES string of the molecule is CNC(=O)c1ccnc(S(C)(=O)=O)c1C1CC2(CC(c3nc4cc(Cl)ccc4o3)C2)C1. The van der Waals surface area contributed by atoms with Crippen LogP contribution < -0.4 is 5.32 Å². The third-order valence-electron chi connectivity index (χ3n) is 6.62. The number of amides is 1. The van der Waals surface area contributed by atoms with Crippen LogP contribution in [0.1, 0.15) is 59.3 Å². The van der Waals surface area contributed by atoms with Gasteiger partial charge in [0.15, 0.2) is 26.3 Å². The number of carbonyl (C=O) groups excluding carboxylic acids is 1. The Kier molecular flexibility index (Phi) is 4.64. The molecule has 1 aromatic carbocycles. The predicted octanol–water partition coefficient (Wildman–Crippen LogP) is 4.08. The second-order valence-corrected chi connectivity index (χ2v) is 11.2. The average Bonchev–Trinajstić information content (AvgIpc) is 3.07. The summed E-state index contributed by atoms with van der Waals surface area (Å²) in [5.74, 6) is 0.679. The molecule has 1 amide bonds. The molecular formula is C22H22ClN3O4S. The average molecular weight is 460 g/mol. The van der Waals surface area contributed by atoms with E-state index in [1.165, 1.54) is 6.20 Å². The molecule has 2 aliphatic carbocycles. The summed E-state index contributed by atoms with van der Waals surface area (Å²) in [6.45, 7) is 0. The molecule has 1 N–H and O–H groups in total. The molecule has 2 heterocycles. The van der Waals surface area contributed by atoms with E-state index in [4.69, 9.17) is 16.0 Å². The number of carbonyl (C=O) groups is 1. The van der Waals surface area contributed by atoms with Crippen molar-refractivity contribution >= 4 is 38.4 Å².